The first kappa shape index (κ1) is 20.2. The van der Waals surface area contributed by atoms with Gasteiger partial charge in [-0.2, -0.15) is 4.31 Å². The molecule has 1 aromatic carbocycles. The van der Waals surface area contributed by atoms with E-state index in [-0.39, 0.29) is 23.4 Å². The molecule has 0 aliphatic heterocycles. The molecule has 0 radical (unpaired) electrons. The number of carbonyl (C=O) groups excluding carboxylic acids is 1. The summed E-state index contributed by atoms with van der Waals surface area (Å²) >= 11 is 0. The molecule has 2 aromatic rings. The normalized spacial score (nSPS) is 12.9. The van der Waals surface area contributed by atoms with Crippen molar-refractivity contribution in [1.82, 2.24) is 4.31 Å². The van der Waals surface area contributed by atoms with Crippen LogP contribution in [0.15, 0.2) is 52.0 Å². The molecule has 1 atom stereocenters. The van der Waals surface area contributed by atoms with Crippen LogP contribution in [-0.4, -0.2) is 38.3 Å². The third-order valence-corrected chi connectivity index (χ3v) is 6.16. The zero-order valence-corrected chi connectivity index (χ0v) is 16.1. The third-order valence-electron chi connectivity index (χ3n) is 4.11. The van der Waals surface area contributed by atoms with Crippen LogP contribution in [0.3, 0.4) is 0 Å². The monoisotopic (exact) mass is 380 g/mol. The van der Waals surface area contributed by atoms with Gasteiger partial charge in [-0.25, -0.2) is 8.42 Å². The highest BCUT2D eigenvalue weighted by atomic mass is 32.2. The van der Waals surface area contributed by atoms with Crippen LogP contribution >= 0.6 is 0 Å². The molecule has 26 heavy (non-hydrogen) atoms. The van der Waals surface area contributed by atoms with Gasteiger partial charge in [0.2, 0.25) is 10.0 Å². The minimum Gasteiger partial charge on any atom is -0.463 e. The summed E-state index contributed by atoms with van der Waals surface area (Å²) in [4.78, 5) is 12.3. The van der Waals surface area contributed by atoms with Crippen molar-refractivity contribution >= 4 is 21.6 Å². The predicted molar refractivity (Wildman–Crippen MR) is 99.1 cm³/mol. The lowest BCUT2D eigenvalue weighted by Gasteiger charge is -2.18. The van der Waals surface area contributed by atoms with E-state index in [0.29, 0.717) is 18.8 Å². The summed E-state index contributed by atoms with van der Waals surface area (Å²) in [6.45, 7) is 6.54. The highest BCUT2D eigenvalue weighted by Crippen LogP contribution is 2.19. The van der Waals surface area contributed by atoms with E-state index < -0.39 is 10.0 Å². The summed E-state index contributed by atoms with van der Waals surface area (Å²) in [5.41, 5.74) is 0.460. The predicted octanol–water partition coefficient (Wildman–Crippen LogP) is 1.57. The average Bonchev–Trinajstić information content (AvgIpc) is 3.15. The number of nitrogens with one attached hydrogen (secondary N) is 1. The van der Waals surface area contributed by atoms with Gasteiger partial charge in [0.1, 0.15) is 6.04 Å². The Morgan fingerprint density at radius 1 is 1.23 bits per heavy atom. The first-order valence-electron chi connectivity index (χ1n) is 8.65. The van der Waals surface area contributed by atoms with E-state index in [9.17, 15) is 13.2 Å². The Balaban J connectivity index is 2.00. The first-order chi connectivity index (χ1) is 12.4. The number of nitrogens with two attached hydrogens (primary N) is 1. The Hall–Kier alpha value is -2.16. The molecule has 0 aliphatic carbocycles. The Morgan fingerprint density at radius 3 is 2.58 bits per heavy atom. The molecular formula is C18H26N3O4S+. The van der Waals surface area contributed by atoms with Crippen LogP contribution < -0.4 is 10.6 Å². The van der Waals surface area contributed by atoms with Gasteiger partial charge in [-0.1, -0.05) is 19.9 Å². The molecule has 0 spiro atoms. The lowest BCUT2D eigenvalue weighted by Crippen LogP contribution is -2.86. The number of hydrogen-bond acceptors (Lipinski definition) is 4. The number of anilines is 1. The molecular weight excluding hydrogens is 354 g/mol. The van der Waals surface area contributed by atoms with Crippen molar-refractivity contribution in [2.45, 2.75) is 31.7 Å². The van der Waals surface area contributed by atoms with Crippen molar-refractivity contribution in [3.63, 3.8) is 0 Å². The maximum absolute atomic E-state index is 12.6. The van der Waals surface area contributed by atoms with Gasteiger partial charge < -0.3 is 15.1 Å². The van der Waals surface area contributed by atoms with Crippen LogP contribution in [0.1, 0.15) is 32.6 Å². The van der Waals surface area contributed by atoms with E-state index in [0.717, 1.165) is 5.76 Å². The van der Waals surface area contributed by atoms with Gasteiger partial charge in [0.05, 0.1) is 11.2 Å². The van der Waals surface area contributed by atoms with Crippen molar-refractivity contribution in [2.24, 2.45) is 0 Å². The second kappa shape index (κ2) is 8.98. The van der Waals surface area contributed by atoms with E-state index in [2.05, 4.69) is 5.32 Å². The van der Waals surface area contributed by atoms with Gasteiger partial charge >= 0.3 is 0 Å². The lowest BCUT2D eigenvalue weighted by molar-refractivity contribution is -0.684. The quantitative estimate of drug-likeness (QED) is 0.690. The van der Waals surface area contributed by atoms with E-state index in [1.165, 1.54) is 16.4 Å². The van der Waals surface area contributed by atoms with E-state index in [4.69, 9.17) is 4.42 Å². The van der Waals surface area contributed by atoms with Gasteiger partial charge in [0.25, 0.3) is 5.91 Å². The number of hydrogen-bond donors (Lipinski definition) is 2. The Bertz CT molecular complexity index is 815. The molecule has 142 valence electrons. The second-order valence-electron chi connectivity index (χ2n) is 5.91. The Kier molecular flexibility index (Phi) is 6.96. The molecule has 0 unspecified atom stereocenters. The van der Waals surface area contributed by atoms with Gasteiger partial charge in [-0.15, -0.1) is 0 Å². The largest absolute Gasteiger partial charge is 0.463 e. The van der Waals surface area contributed by atoms with Crippen LogP contribution in [0.25, 0.3) is 0 Å². The topological polar surface area (TPSA) is 96.2 Å². The molecule has 0 saturated heterocycles. The second-order valence-corrected chi connectivity index (χ2v) is 7.85. The van der Waals surface area contributed by atoms with Gasteiger partial charge in [0.15, 0.2) is 12.3 Å². The van der Waals surface area contributed by atoms with Crippen molar-refractivity contribution < 1.29 is 22.9 Å². The minimum absolute atomic E-state index is 0.0186. The third kappa shape index (κ3) is 4.94. The summed E-state index contributed by atoms with van der Waals surface area (Å²) in [7, 11) is -3.55. The summed E-state index contributed by atoms with van der Waals surface area (Å²) < 4.78 is 31.8. The number of furan rings is 1. The SMILES string of the molecule is CCN(CC)S(=O)(=O)c1cccc(NC(=O)C[NH2+][C@@H](C)c2ccco2)c1. The van der Waals surface area contributed by atoms with E-state index >= 15 is 0 Å². The summed E-state index contributed by atoms with van der Waals surface area (Å²) in [5, 5.41) is 4.60. The summed E-state index contributed by atoms with van der Waals surface area (Å²) in [5.74, 6) is 0.589. The minimum atomic E-state index is -3.55. The molecule has 2 rings (SSSR count). The number of carbonyl (C=O) groups is 1. The van der Waals surface area contributed by atoms with Gasteiger partial charge in [0, 0.05) is 18.8 Å². The van der Waals surface area contributed by atoms with E-state index in [1.807, 2.05) is 24.4 Å². The fraction of sp³-hybridized carbons (Fsp3) is 0.389. The summed E-state index contributed by atoms with van der Waals surface area (Å²) in [6.07, 6.45) is 1.60. The Morgan fingerprint density at radius 2 is 1.96 bits per heavy atom. The number of quaternary nitrogens is 1. The molecule has 7 nitrogen and oxygen atoms in total. The van der Waals surface area contributed by atoms with Crippen LogP contribution in [0.4, 0.5) is 5.69 Å². The number of benzene rings is 1. The van der Waals surface area contributed by atoms with Crippen LogP contribution in [0.5, 0.6) is 0 Å². The molecule has 8 heteroatoms. The Labute approximate surface area is 154 Å². The number of amides is 1. The zero-order valence-electron chi connectivity index (χ0n) is 15.3. The molecule has 0 saturated carbocycles. The van der Waals surface area contributed by atoms with Crippen molar-refractivity contribution in [2.75, 3.05) is 25.0 Å². The molecule has 0 aliphatic rings. The highest BCUT2D eigenvalue weighted by molar-refractivity contribution is 7.89. The van der Waals surface area contributed by atoms with Crippen LogP contribution in [0.2, 0.25) is 0 Å². The lowest BCUT2D eigenvalue weighted by atomic mass is 10.2. The van der Waals surface area contributed by atoms with Gasteiger partial charge in [-0.3, -0.25) is 4.79 Å². The zero-order chi connectivity index (χ0) is 19.2. The molecule has 3 N–H and O–H groups in total. The molecule has 1 aromatic heterocycles. The van der Waals surface area contributed by atoms with Gasteiger partial charge in [-0.05, 0) is 37.3 Å². The molecule has 1 heterocycles. The van der Waals surface area contributed by atoms with E-state index in [1.54, 1.807) is 32.2 Å². The summed E-state index contributed by atoms with van der Waals surface area (Å²) in [6, 6.07) is 10.0. The first-order valence-corrected chi connectivity index (χ1v) is 10.1. The smallest absolute Gasteiger partial charge is 0.279 e. The maximum Gasteiger partial charge on any atom is 0.279 e. The fourth-order valence-corrected chi connectivity index (χ4v) is 4.11. The standard InChI is InChI=1S/C18H25N3O4S/c1-4-21(5-2)26(23,24)16-9-6-8-15(12-16)20-18(22)13-19-14(3)17-10-7-11-25-17/h6-12,14,19H,4-5,13H2,1-3H3,(H,20,22)/p+1/t14-/m0/s1. The number of nitrogens with zero attached hydrogens (tertiary/aromatic N) is 1. The van der Waals surface area contributed by atoms with Crippen molar-refractivity contribution in [3.8, 4) is 0 Å². The highest BCUT2D eigenvalue weighted by Gasteiger charge is 2.22. The molecule has 1 amide bonds. The maximum atomic E-state index is 12.6. The number of sulfonamides is 1. The van der Waals surface area contributed by atoms with Crippen molar-refractivity contribution in [1.29, 1.82) is 0 Å². The van der Waals surface area contributed by atoms with Crippen molar-refractivity contribution in [3.05, 3.63) is 48.4 Å². The van der Waals surface area contributed by atoms with Crippen LogP contribution in [-0.2, 0) is 14.8 Å². The van der Waals surface area contributed by atoms with Crippen LogP contribution in [0, 0.1) is 0 Å². The number of rotatable bonds is 9. The molecule has 0 fully saturated rings. The fourth-order valence-electron chi connectivity index (χ4n) is 2.61. The average molecular weight is 380 g/mol. The molecule has 0 bridgehead atoms.